The molecule has 1 N–H and O–H groups in total. The zero-order valence-corrected chi connectivity index (χ0v) is 20.8. The molecule has 0 unspecified atom stereocenters. The monoisotopic (exact) mass is 513 g/mol. The van der Waals surface area contributed by atoms with Crippen molar-refractivity contribution in [3.8, 4) is 0 Å². The molecule has 0 fully saturated rings. The van der Waals surface area contributed by atoms with Gasteiger partial charge in [0.1, 0.15) is 12.4 Å². The normalized spacial score (nSPS) is 11.1. The first kappa shape index (κ1) is 25.2. The van der Waals surface area contributed by atoms with Crippen molar-refractivity contribution in [3.05, 3.63) is 42.0 Å². The van der Waals surface area contributed by atoms with Crippen LogP contribution in [0, 0.1) is 6.92 Å². The fraction of sp³-hybridized carbons (Fsp3) is 0.571. The fourth-order valence-corrected chi connectivity index (χ4v) is 2.88. The number of guanidine groups is 1. The number of nitrogens with zero attached hydrogens (tertiary/aromatic N) is 6. The molecular weight excluding hydrogens is 477 g/mol. The van der Waals surface area contributed by atoms with E-state index in [0.717, 1.165) is 50.1 Å². The molecule has 1 aromatic heterocycles. The van der Waals surface area contributed by atoms with Crippen LogP contribution in [0.3, 0.4) is 0 Å². The molecule has 2 rings (SSSR count). The molecule has 0 amide bonds. The van der Waals surface area contributed by atoms with Gasteiger partial charge >= 0.3 is 0 Å². The van der Waals surface area contributed by atoms with Crippen molar-refractivity contribution in [2.45, 2.75) is 39.7 Å². The molecule has 0 aliphatic rings. The maximum atomic E-state index is 4.79. The van der Waals surface area contributed by atoms with Crippen LogP contribution in [0.2, 0.25) is 0 Å². The SMILES string of the molecule is CCCCN(C)C(=NCc1nnc(C)n1C)NCCCN(C)c1ccccc1.I. The molecule has 0 aliphatic carbocycles. The second kappa shape index (κ2) is 13.4. The number of para-hydroxylation sites is 1. The average Bonchev–Trinajstić information content (AvgIpc) is 3.04. The van der Waals surface area contributed by atoms with E-state index < -0.39 is 0 Å². The van der Waals surface area contributed by atoms with E-state index in [-0.39, 0.29) is 24.0 Å². The number of rotatable bonds is 10. The van der Waals surface area contributed by atoms with Gasteiger partial charge in [0.05, 0.1) is 0 Å². The van der Waals surface area contributed by atoms with Crippen LogP contribution in [0.5, 0.6) is 0 Å². The van der Waals surface area contributed by atoms with Gasteiger partial charge in [-0.05, 0) is 31.9 Å². The summed E-state index contributed by atoms with van der Waals surface area (Å²) in [7, 11) is 6.21. The Bertz CT molecular complexity index is 730. The van der Waals surface area contributed by atoms with E-state index in [1.807, 2.05) is 24.6 Å². The molecule has 0 atom stereocenters. The van der Waals surface area contributed by atoms with Gasteiger partial charge in [-0.3, -0.25) is 0 Å². The van der Waals surface area contributed by atoms with Gasteiger partial charge < -0.3 is 19.7 Å². The second-order valence-electron chi connectivity index (χ2n) is 7.17. The largest absolute Gasteiger partial charge is 0.375 e. The van der Waals surface area contributed by atoms with Crippen LogP contribution < -0.4 is 10.2 Å². The Kier molecular flexibility index (Phi) is 11.6. The molecule has 8 heteroatoms. The van der Waals surface area contributed by atoms with Crippen molar-refractivity contribution in [2.24, 2.45) is 12.0 Å². The number of nitrogens with one attached hydrogen (secondary N) is 1. The van der Waals surface area contributed by atoms with E-state index in [1.54, 1.807) is 0 Å². The number of hydrogen-bond donors (Lipinski definition) is 1. The van der Waals surface area contributed by atoms with Crippen molar-refractivity contribution in [2.75, 3.05) is 38.6 Å². The maximum Gasteiger partial charge on any atom is 0.194 e. The van der Waals surface area contributed by atoms with Crippen molar-refractivity contribution in [1.82, 2.24) is 25.0 Å². The summed E-state index contributed by atoms with van der Waals surface area (Å²) in [6, 6.07) is 10.5. The fourth-order valence-electron chi connectivity index (χ4n) is 2.88. The van der Waals surface area contributed by atoms with Crippen LogP contribution in [-0.2, 0) is 13.6 Å². The predicted octanol–water partition coefficient (Wildman–Crippen LogP) is 3.45. The molecule has 7 nitrogen and oxygen atoms in total. The molecule has 0 bridgehead atoms. The van der Waals surface area contributed by atoms with Crippen molar-refractivity contribution >= 4 is 35.6 Å². The van der Waals surface area contributed by atoms with Crippen LogP contribution in [0.25, 0.3) is 0 Å². The third-order valence-electron chi connectivity index (χ3n) is 4.91. The highest BCUT2D eigenvalue weighted by atomic mass is 127. The predicted molar refractivity (Wildman–Crippen MR) is 132 cm³/mol. The molecule has 0 spiro atoms. The van der Waals surface area contributed by atoms with Crippen LogP contribution >= 0.6 is 24.0 Å². The Hall–Kier alpha value is -1.84. The lowest BCUT2D eigenvalue weighted by atomic mass is 10.3. The molecule has 1 aromatic carbocycles. The Morgan fingerprint density at radius 3 is 2.45 bits per heavy atom. The van der Waals surface area contributed by atoms with Gasteiger partial charge in [-0.1, -0.05) is 31.5 Å². The van der Waals surface area contributed by atoms with Gasteiger partial charge in [-0.15, -0.1) is 34.2 Å². The third kappa shape index (κ3) is 8.20. The lowest BCUT2D eigenvalue weighted by Crippen LogP contribution is -2.40. The number of aryl methyl sites for hydroxylation is 1. The van der Waals surface area contributed by atoms with E-state index in [2.05, 4.69) is 70.6 Å². The summed E-state index contributed by atoms with van der Waals surface area (Å²) in [6.07, 6.45) is 3.36. The zero-order chi connectivity index (χ0) is 20.4. The quantitative estimate of drug-likeness (QED) is 0.228. The molecular formula is C21H36IN7. The topological polar surface area (TPSA) is 61.6 Å². The Morgan fingerprint density at radius 2 is 1.83 bits per heavy atom. The molecule has 0 aliphatic heterocycles. The van der Waals surface area contributed by atoms with E-state index >= 15 is 0 Å². The molecule has 0 saturated carbocycles. The van der Waals surface area contributed by atoms with Gasteiger partial charge in [-0.25, -0.2) is 4.99 Å². The first-order chi connectivity index (χ1) is 13.5. The minimum atomic E-state index is 0. The highest BCUT2D eigenvalue weighted by molar-refractivity contribution is 14.0. The Balaban J connectivity index is 0.00000420. The maximum absolute atomic E-state index is 4.79. The summed E-state index contributed by atoms with van der Waals surface area (Å²) in [4.78, 5) is 9.27. The van der Waals surface area contributed by atoms with Crippen LogP contribution in [0.1, 0.15) is 37.8 Å². The number of hydrogen-bond acceptors (Lipinski definition) is 4. The minimum Gasteiger partial charge on any atom is -0.375 e. The summed E-state index contributed by atoms with van der Waals surface area (Å²) in [5, 5.41) is 11.9. The summed E-state index contributed by atoms with van der Waals surface area (Å²) in [5.74, 6) is 2.71. The van der Waals surface area contributed by atoms with Crippen LogP contribution in [-0.4, -0.2) is 59.4 Å². The summed E-state index contributed by atoms with van der Waals surface area (Å²) < 4.78 is 1.99. The van der Waals surface area contributed by atoms with Gasteiger partial charge in [0.2, 0.25) is 0 Å². The smallest absolute Gasteiger partial charge is 0.194 e. The number of anilines is 1. The van der Waals surface area contributed by atoms with E-state index in [1.165, 1.54) is 12.1 Å². The van der Waals surface area contributed by atoms with Gasteiger partial charge in [0.15, 0.2) is 11.8 Å². The summed E-state index contributed by atoms with van der Waals surface area (Å²) in [5.41, 5.74) is 1.24. The zero-order valence-electron chi connectivity index (χ0n) is 18.4. The molecule has 2 aromatic rings. The second-order valence-corrected chi connectivity index (χ2v) is 7.17. The van der Waals surface area contributed by atoms with Crippen LogP contribution in [0.15, 0.2) is 35.3 Å². The number of halogens is 1. The van der Waals surface area contributed by atoms with Crippen LogP contribution in [0.4, 0.5) is 5.69 Å². The summed E-state index contributed by atoms with van der Waals surface area (Å²) >= 11 is 0. The third-order valence-corrected chi connectivity index (χ3v) is 4.91. The van der Waals surface area contributed by atoms with E-state index in [0.29, 0.717) is 6.54 Å². The summed E-state index contributed by atoms with van der Waals surface area (Å²) in [6.45, 7) is 7.55. The lowest BCUT2D eigenvalue weighted by Gasteiger charge is -2.23. The molecule has 1 heterocycles. The van der Waals surface area contributed by atoms with Gasteiger partial charge in [-0.2, -0.15) is 0 Å². The molecule has 29 heavy (non-hydrogen) atoms. The first-order valence-electron chi connectivity index (χ1n) is 10.1. The van der Waals surface area contributed by atoms with E-state index in [4.69, 9.17) is 4.99 Å². The van der Waals surface area contributed by atoms with Crippen molar-refractivity contribution < 1.29 is 0 Å². The molecule has 0 saturated heterocycles. The highest BCUT2D eigenvalue weighted by Crippen LogP contribution is 2.10. The number of benzene rings is 1. The van der Waals surface area contributed by atoms with Gasteiger partial charge in [0, 0.05) is 46.5 Å². The number of aromatic nitrogens is 3. The Morgan fingerprint density at radius 1 is 1.10 bits per heavy atom. The van der Waals surface area contributed by atoms with Crippen molar-refractivity contribution in [1.29, 1.82) is 0 Å². The van der Waals surface area contributed by atoms with E-state index in [9.17, 15) is 0 Å². The van der Waals surface area contributed by atoms with Crippen molar-refractivity contribution in [3.63, 3.8) is 0 Å². The average molecular weight is 513 g/mol. The lowest BCUT2D eigenvalue weighted by molar-refractivity contribution is 0.461. The standard InChI is InChI=1S/C21H35N7.HI/c1-6-7-15-27(4)21(23-17-20-25-24-18(2)28(20)5)22-14-11-16-26(3)19-12-9-8-10-13-19;/h8-10,12-13H,6-7,11,14-17H2,1-5H3,(H,22,23);1H. The number of unbranched alkanes of at least 4 members (excludes halogenated alkanes) is 1. The number of aliphatic imine (C=N–C) groups is 1. The molecule has 0 radical (unpaired) electrons. The highest BCUT2D eigenvalue weighted by Gasteiger charge is 2.09. The van der Waals surface area contributed by atoms with Gasteiger partial charge in [0.25, 0.3) is 0 Å². The Labute approximate surface area is 192 Å². The first-order valence-corrected chi connectivity index (χ1v) is 10.1. The minimum absolute atomic E-state index is 0. The molecule has 162 valence electrons.